The number of hydrazone groups is 1. The van der Waals surface area contributed by atoms with Gasteiger partial charge in [0, 0.05) is 23.5 Å². The molecule has 2 aromatic carbocycles. The molecule has 0 unspecified atom stereocenters. The lowest BCUT2D eigenvalue weighted by Crippen LogP contribution is -2.37. The molecule has 1 aromatic heterocycles. The molecule has 0 fully saturated rings. The zero-order valence-electron chi connectivity index (χ0n) is 16.1. The Morgan fingerprint density at radius 2 is 1.72 bits per heavy atom. The van der Waals surface area contributed by atoms with E-state index in [9.17, 15) is 9.59 Å². The van der Waals surface area contributed by atoms with E-state index in [0.29, 0.717) is 5.02 Å². The summed E-state index contributed by atoms with van der Waals surface area (Å²) < 4.78 is 2.01. The van der Waals surface area contributed by atoms with Gasteiger partial charge in [-0.15, -0.1) is 0 Å². The molecule has 148 valence electrons. The first kappa shape index (κ1) is 20.4. The summed E-state index contributed by atoms with van der Waals surface area (Å²) in [5.74, 6) is -1.57. The third-order valence-electron chi connectivity index (χ3n) is 4.44. The summed E-state index contributed by atoms with van der Waals surface area (Å²) in [6.45, 7) is 4.17. The number of para-hydroxylation sites is 1. The van der Waals surface area contributed by atoms with Crippen LogP contribution in [0.4, 0.5) is 0 Å². The van der Waals surface area contributed by atoms with Crippen LogP contribution in [0, 0.1) is 13.8 Å². The van der Waals surface area contributed by atoms with Crippen molar-refractivity contribution >= 4 is 29.6 Å². The number of carbonyl (C=O) groups excluding carboxylic acids is 2. The van der Waals surface area contributed by atoms with E-state index in [2.05, 4.69) is 15.8 Å². The highest BCUT2D eigenvalue weighted by molar-refractivity contribution is 6.35. The highest BCUT2D eigenvalue weighted by Gasteiger charge is 2.13. The Kier molecular flexibility index (Phi) is 6.46. The predicted octanol–water partition coefficient (Wildman–Crippen LogP) is 3.51. The highest BCUT2D eigenvalue weighted by atomic mass is 35.5. The number of nitrogens with one attached hydrogen (secondary N) is 2. The summed E-state index contributed by atoms with van der Waals surface area (Å²) in [5.41, 5.74) is 6.74. The van der Waals surface area contributed by atoms with Crippen LogP contribution in [0.2, 0.25) is 5.02 Å². The molecule has 0 bridgehead atoms. The molecule has 0 atom stereocenters. The quantitative estimate of drug-likeness (QED) is 0.385. The van der Waals surface area contributed by atoms with Crippen molar-refractivity contribution in [2.24, 2.45) is 5.10 Å². The molecular weight excluding hydrogens is 388 g/mol. The average molecular weight is 409 g/mol. The van der Waals surface area contributed by atoms with Gasteiger partial charge in [0.1, 0.15) is 0 Å². The van der Waals surface area contributed by atoms with Gasteiger partial charge in [-0.1, -0.05) is 54.1 Å². The Morgan fingerprint density at radius 3 is 2.45 bits per heavy atom. The molecule has 6 nitrogen and oxygen atoms in total. The average Bonchev–Trinajstić information content (AvgIpc) is 3.00. The van der Waals surface area contributed by atoms with Crippen molar-refractivity contribution in [1.29, 1.82) is 0 Å². The maximum absolute atomic E-state index is 11.9. The molecule has 0 radical (unpaired) electrons. The Labute approximate surface area is 174 Å². The fourth-order valence-electron chi connectivity index (χ4n) is 2.99. The Morgan fingerprint density at radius 1 is 1.03 bits per heavy atom. The Hall–Kier alpha value is -3.38. The van der Waals surface area contributed by atoms with Gasteiger partial charge in [-0.25, -0.2) is 5.43 Å². The molecule has 0 aliphatic heterocycles. The lowest BCUT2D eigenvalue weighted by atomic mass is 10.2. The van der Waals surface area contributed by atoms with Crippen LogP contribution in [0.15, 0.2) is 65.8 Å². The van der Waals surface area contributed by atoms with Crippen molar-refractivity contribution in [3.8, 4) is 5.69 Å². The van der Waals surface area contributed by atoms with Crippen LogP contribution < -0.4 is 10.7 Å². The van der Waals surface area contributed by atoms with Crippen molar-refractivity contribution in [1.82, 2.24) is 15.3 Å². The zero-order valence-corrected chi connectivity index (χ0v) is 16.9. The standard InChI is InChI=1S/C22H21ClN4O2/c1-15-12-18(16(2)27(15)20-11-7-6-10-19(20)23)14-25-26-22(29)21(28)24-13-17-8-4-3-5-9-17/h3-12,14H,13H2,1-2H3,(H,24,28)(H,26,29)/b25-14-. The number of amides is 2. The van der Waals surface area contributed by atoms with E-state index in [0.717, 1.165) is 28.2 Å². The van der Waals surface area contributed by atoms with Crippen LogP contribution in [-0.4, -0.2) is 22.6 Å². The summed E-state index contributed by atoms with van der Waals surface area (Å²) in [7, 11) is 0. The van der Waals surface area contributed by atoms with E-state index in [1.54, 1.807) is 0 Å². The number of aromatic nitrogens is 1. The van der Waals surface area contributed by atoms with E-state index in [-0.39, 0.29) is 6.54 Å². The number of aryl methyl sites for hydroxylation is 1. The first-order valence-corrected chi connectivity index (χ1v) is 9.44. The second kappa shape index (κ2) is 9.21. The summed E-state index contributed by atoms with van der Waals surface area (Å²) in [6.07, 6.45) is 1.51. The molecule has 2 amide bonds. The number of hydrogen-bond acceptors (Lipinski definition) is 3. The molecule has 0 aliphatic carbocycles. The van der Waals surface area contributed by atoms with Gasteiger partial charge in [0.15, 0.2) is 0 Å². The second-order valence-electron chi connectivity index (χ2n) is 6.48. The third kappa shape index (κ3) is 4.92. The van der Waals surface area contributed by atoms with Gasteiger partial charge in [-0.05, 0) is 37.6 Å². The van der Waals surface area contributed by atoms with E-state index in [4.69, 9.17) is 11.6 Å². The lowest BCUT2D eigenvalue weighted by molar-refractivity contribution is -0.139. The summed E-state index contributed by atoms with van der Waals surface area (Å²) in [5, 5.41) is 7.11. The normalized spacial score (nSPS) is 10.9. The summed E-state index contributed by atoms with van der Waals surface area (Å²) in [4.78, 5) is 23.8. The SMILES string of the molecule is Cc1cc(/C=N\NC(=O)C(=O)NCc2ccccc2)c(C)n1-c1ccccc1Cl. The highest BCUT2D eigenvalue weighted by Crippen LogP contribution is 2.25. The molecule has 29 heavy (non-hydrogen) atoms. The molecule has 7 heteroatoms. The van der Waals surface area contributed by atoms with Gasteiger partial charge in [-0.3, -0.25) is 9.59 Å². The molecule has 1 heterocycles. The fourth-order valence-corrected chi connectivity index (χ4v) is 3.21. The molecular formula is C22H21ClN4O2. The van der Waals surface area contributed by atoms with Crippen LogP contribution in [0.5, 0.6) is 0 Å². The largest absolute Gasteiger partial charge is 0.344 e. The van der Waals surface area contributed by atoms with E-state index < -0.39 is 11.8 Å². The lowest BCUT2D eigenvalue weighted by Gasteiger charge is -2.11. The van der Waals surface area contributed by atoms with Crippen LogP contribution >= 0.6 is 11.6 Å². The molecule has 3 rings (SSSR count). The maximum atomic E-state index is 11.9. The minimum Gasteiger partial charge on any atom is -0.344 e. The molecule has 0 saturated carbocycles. The van der Waals surface area contributed by atoms with Gasteiger partial charge < -0.3 is 9.88 Å². The van der Waals surface area contributed by atoms with Gasteiger partial charge in [0.2, 0.25) is 0 Å². The smallest absolute Gasteiger partial charge is 0.329 e. The monoisotopic (exact) mass is 408 g/mol. The van der Waals surface area contributed by atoms with Crippen molar-refractivity contribution in [2.75, 3.05) is 0 Å². The third-order valence-corrected chi connectivity index (χ3v) is 4.76. The number of benzene rings is 2. The zero-order chi connectivity index (χ0) is 20.8. The molecule has 0 spiro atoms. The van der Waals surface area contributed by atoms with Crippen molar-refractivity contribution in [3.05, 3.63) is 88.2 Å². The molecule has 3 aromatic rings. The van der Waals surface area contributed by atoms with Crippen molar-refractivity contribution in [2.45, 2.75) is 20.4 Å². The van der Waals surface area contributed by atoms with Crippen LogP contribution in [0.3, 0.4) is 0 Å². The van der Waals surface area contributed by atoms with Crippen molar-refractivity contribution in [3.63, 3.8) is 0 Å². The van der Waals surface area contributed by atoms with Gasteiger partial charge >= 0.3 is 11.8 Å². The van der Waals surface area contributed by atoms with E-state index >= 15 is 0 Å². The topological polar surface area (TPSA) is 75.5 Å². The summed E-state index contributed by atoms with van der Waals surface area (Å²) in [6, 6.07) is 18.8. The Bertz CT molecular complexity index is 1060. The van der Waals surface area contributed by atoms with Crippen LogP contribution in [0.25, 0.3) is 5.69 Å². The van der Waals surface area contributed by atoms with Crippen molar-refractivity contribution < 1.29 is 9.59 Å². The number of hydrogen-bond donors (Lipinski definition) is 2. The number of carbonyl (C=O) groups is 2. The minimum absolute atomic E-state index is 0.274. The van der Waals surface area contributed by atoms with Gasteiger partial charge in [0.05, 0.1) is 16.9 Å². The molecule has 0 saturated heterocycles. The first-order chi connectivity index (χ1) is 14.0. The van der Waals surface area contributed by atoms with Crippen LogP contribution in [-0.2, 0) is 16.1 Å². The Balaban J connectivity index is 1.63. The van der Waals surface area contributed by atoms with Crippen LogP contribution in [0.1, 0.15) is 22.5 Å². The maximum Gasteiger partial charge on any atom is 0.329 e. The second-order valence-corrected chi connectivity index (χ2v) is 6.89. The first-order valence-electron chi connectivity index (χ1n) is 9.06. The number of halogens is 1. The number of rotatable bonds is 5. The van der Waals surface area contributed by atoms with E-state index in [1.807, 2.05) is 79.1 Å². The summed E-state index contributed by atoms with van der Waals surface area (Å²) >= 11 is 6.31. The number of nitrogens with zero attached hydrogens (tertiary/aromatic N) is 2. The fraction of sp³-hybridized carbons (Fsp3) is 0.136. The van der Waals surface area contributed by atoms with E-state index in [1.165, 1.54) is 6.21 Å². The predicted molar refractivity (Wildman–Crippen MR) is 114 cm³/mol. The van der Waals surface area contributed by atoms with Gasteiger partial charge in [-0.2, -0.15) is 5.10 Å². The van der Waals surface area contributed by atoms with Gasteiger partial charge in [0.25, 0.3) is 0 Å². The molecule has 0 aliphatic rings. The minimum atomic E-state index is -0.822. The molecule has 2 N–H and O–H groups in total.